The van der Waals surface area contributed by atoms with Crippen LogP contribution in [0.2, 0.25) is 0 Å². The Balaban J connectivity index is 1.69. The third-order valence-corrected chi connectivity index (χ3v) is 6.49. The SMILES string of the molecule is CCc1nnc2n1CC(C1CCCCC1)c1cnn(-c3ccccc3C)c1-2. The second-order valence-electron chi connectivity index (χ2n) is 8.06. The van der Waals surface area contributed by atoms with Gasteiger partial charge in [-0.25, -0.2) is 4.68 Å². The fourth-order valence-electron chi connectivity index (χ4n) is 5.04. The fraction of sp³-hybridized carbons (Fsp3) is 0.500. The molecule has 5 rings (SSSR count). The van der Waals surface area contributed by atoms with E-state index in [1.165, 1.54) is 43.2 Å². The molecular formula is C22H27N5. The summed E-state index contributed by atoms with van der Waals surface area (Å²) in [5.41, 5.74) is 4.88. The molecule has 1 aromatic carbocycles. The molecule has 1 unspecified atom stereocenters. The third-order valence-electron chi connectivity index (χ3n) is 6.49. The van der Waals surface area contributed by atoms with E-state index in [0.717, 1.165) is 41.9 Å². The largest absolute Gasteiger partial charge is 0.309 e. The molecule has 140 valence electrons. The van der Waals surface area contributed by atoms with E-state index in [2.05, 4.69) is 63.8 Å². The van der Waals surface area contributed by atoms with Gasteiger partial charge in [-0.15, -0.1) is 10.2 Å². The van der Waals surface area contributed by atoms with Crippen molar-refractivity contribution in [1.29, 1.82) is 0 Å². The smallest absolute Gasteiger partial charge is 0.183 e. The third kappa shape index (κ3) is 2.63. The van der Waals surface area contributed by atoms with Gasteiger partial charge < -0.3 is 4.57 Å². The Morgan fingerprint density at radius 1 is 1.07 bits per heavy atom. The van der Waals surface area contributed by atoms with Crippen molar-refractivity contribution in [1.82, 2.24) is 24.5 Å². The normalized spacial score (nSPS) is 19.7. The number of nitrogens with zero attached hydrogens (tertiary/aromatic N) is 5. The maximum absolute atomic E-state index is 4.84. The van der Waals surface area contributed by atoms with Crippen molar-refractivity contribution in [2.24, 2.45) is 5.92 Å². The summed E-state index contributed by atoms with van der Waals surface area (Å²) in [7, 11) is 0. The van der Waals surface area contributed by atoms with Crippen LogP contribution in [0.4, 0.5) is 0 Å². The van der Waals surface area contributed by atoms with Crippen molar-refractivity contribution in [2.45, 2.75) is 64.8 Å². The summed E-state index contributed by atoms with van der Waals surface area (Å²) in [6, 6.07) is 8.46. The minimum absolute atomic E-state index is 0.520. The van der Waals surface area contributed by atoms with Gasteiger partial charge in [-0.05, 0) is 37.3 Å². The van der Waals surface area contributed by atoms with Crippen LogP contribution in [0.15, 0.2) is 30.5 Å². The molecule has 1 saturated carbocycles. The standard InChI is InChI=1S/C22H27N5/c1-3-20-24-25-22-21-17(13-23-27(21)19-12-8-7-9-15(19)2)18(14-26(20)22)16-10-5-4-6-11-16/h7-9,12-13,16,18H,3-6,10-11,14H2,1-2H3. The molecule has 1 atom stereocenters. The summed E-state index contributed by atoms with van der Waals surface area (Å²) in [4.78, 5) is 0. The molecule has 1 aliphatic carbocycles. The number of aryl methyl sites for hydroxylation is 2. The molecule has 27 heavy (non-hydrogen) atoms. The predicted molar refractivity (Wildman–Crippen MR) is 106 cm³/mol. The molecule has 3 heterocycles. The molecule has 3 aromatic rings. The zero-order chi connectivity index (χ0) is 18.4. The number of benzene rings is 1. The van der Waals surface area contributed by atoms with Crippen molar-refractivity contribution in [3.05, 3.63) is 47.4 Å². The van der Waals surface area contributed by atoms with Crippen LogP contribution in [-0.2, 0) is 13.0 Å². The van der Waals surface area contributed by atoms with E-state index >= 15 is 0 Å². The zero-order valence-corrected chi connectivity index (χ0v) is 16.2. The van der Waals surface area contributed by atoms with Crippen molar-refractivity contribution in [2.75, 3.05) is 0 Å². The molecule has 2 aliphatic rings. The van der Waals surface area contributed by atoms with Gasteiger partial charge in [0, 0.05) is 24.4 Å². The Bertz CT molecular complexity index is 961. The van der Waals surface area contributed by atoms with Gasteiger partial charge in [-0.2, -0.15) is 5.10 Å². The Morgan fingerprint density at radius 2 is 1.89 bits per heavy atom. The number of hydrogen-bond donors (Lipinski definition) is 0. The van der Waals surface area contributed by atoms with Gasteiger partial charge >= 0.3 is 0 Å². The lowest BCUT2D eigenvalue weighted by Gasteiger charge is -2.34. The second-order valence-corrected chi connectivity index (χ2v) is 8.06. The number of aromatic nitrogens is 5. The number of hydrogen-bond acceptors (Lipinski definition) is 3. The Kier molecular flexibility index (Phi) is 4.10. The predicted octanol–water partition coefficient (Wildman–Crippen LogP) is 4.68. The van der Waals surface area contributed by atoms with Gasteiger partial charge in [0.15, 0.2) is 5.82 Å². The van der Waals surface area contributed by atoms with Gasteiger partial charge in [0.05, 0.1) is 11.9 Å². The molecule has 0 spiro atoms. The molecule has 5 nitrogen and oxygen atoms in total. The first-order valence-electron chi connectivity index (χ1n) is 10.3. The van der Waals surface area contributed by atoms with Crippen molar-refractivity contribution in [3.63, 3.8) is 0 Å². The molecule has 0 bridgehead atoms. The highest BCUT2D eigenvalue weighted by Gasteiger charge is 2.36. The summed E-state index contributed by atoms with van der Waals surface area (Å²) < 4.78 is 4.46. The van der Waals surface area contributed by atoms with Gasteiger partial charge in [-0.1, -0.05) is 44.4 Å². The van der Waals surface area contributed by atoms with E-state index in [-0.39, 0.29) is 0 Å². The minimum atomic E-state index is 0.520. The van der Waals surface area contributed by atoms with E-state index in [1.807, 2.05) is 0 Å². The van der Waals surface area contributed by atoms with Gasteiger partial charge in [0.2, 0.25) is 0 Å². The Morgan fingerprint density at radius 3 is 2.67 bits per heavy atom. The molecule has 1 aliphatic heterocycles. The van der Waals surface area contributed by atoms with E-state index in [0.29, 0.717) is 5.92 Å². The molecule has 2 aromatic heterocycles. The van der Waals surface area contributed by atoms with Gasteiger partial charge in [0.25, 0.3) is 0 Å². The number of rotatable bonds is 3. The summed E-state index contributed by atoms with van der Waals surface area (Å²) in [5.74, 6) is 3.34. The van der Waals surface area contributed by atoms with Crippen molar-refractivity contribution < 1.29 is 0 Å². The molecular weight excluding hydrogens is 334 g/mol. The highest BCUT2D eigenvalue weighted by molar-refractivity contribution is 5.63. The van der Waals surface area contributed by atoms with Crippen LogP contribution in [-0.4, -0.2) is 24.5 Å². The first-order valence-corrected chi connectivity index (χ1v) is 10.3. The van der Waals surface area contributed by atoms with Crippen LogP contribution in [0.1, 0.15) is 61.9 Å². The highest BCUT2D eigenvalue weighted by Crippen LogP contribution is 2.44. The van der Waals surface area contributed by atoms with E-state index in [4.69, 9.17) is 5.10 Å². The van der Waals surface area contributed by atoms with Crippen LogP contribution in [0, 0.1) is 12.8 Å². The van der Waals surface area contributed by atoms with Crippen LogP contribution >= 0.6 is 0 Å². The average molecular weight is 361 g/mol. The number of fused-ring (bicyclic) bond motifs is 3. The van der Waals surface area contributed by atoms with E-state index in [1.54, 1.807) is 0 Å². The molecule has 0 amide bonds. The molecule has 5 heteroatoms. The first kappa shape index (κ1) is 16.7. The fourth-order valence-corrected chi connectivity index (χ4v) is 5.04. The summed E-state index contributed by atoms with van der Waals surface area (Å²) in [6.45, 7) is 5.32. The van der Waals surface area contributed by atoms with Crippen LogP contribution in [0.3, 0.4) is 0 Å². The first-order chi connectivity index (χ1) is 13.3. The average Bonchev–Trinajstić information content (AvgIpc) is 3.32. The zero-order valence-electron chi connectivity index (χ0n) is 16.2. The van der Waals surface area contributed by atoms with Crippen molar-refractivity contribution in [3.8, 4) is 17.2 Å². The Labute approximate surface area is 160 Å². The minimum Gasteiger partial charge on any atom is -0.309 e. The lowest BCUT2D eigenvalue weighted by molar-refractivity contribution is 0.280. The van der Waals surface area contributed by atoms with Crippen LogP contribution in [0.25, 0.3) is 17.2 Å². The molecule has 0 radical (unpaired) electrons. The lowest BCUT2D eigenvalue weighted by atomic mass is 9.75. The quantitative estimate of drug-likeness (QED) is 0.680. The Hall–Kier alpha value is -2.43. The highest BCUT2D eigenvalue weighted by atomic mass is 15.3. The van der Waals surface area contributed by atoms with Gasteiger partial charge in [0.1, 0.15) is 11.5 Å². The molecule has 0 saturated heterocycles. The monoisotopic (exact) mass is 361 g/mol. The topological polar surface area (TPSA) is 48.5 Å². The molecule has 0 N–H and O–H groups in total. The van der Waals surface area contributed by atoms with Crippen LogP contribution < -0.4 is 0 Å². The van der Waals surface area contributed by atoms with Crippen molar-refractivity contribution >= 4 is 0 Å². The summed E-state index contributed by atoms with van der Waals surface area (Å²) >= 11 is 0. The second kappa shape index (κ2) is 6.63. The van der Waals surface area contributed by atoms with Gasteiger partial charge in [-0.3, -0.25) is 0 Å². The lowest BCUT2D eigenvalue weighted by Crippen LogP contribution is -2.26. The van der Waals surface area contributed by atoms with Crippen LogP contribution in [0.5, 0.6) is 0 Å². The summed E-state index contributed by atoms with van der Waals surface area (Å²) in [5, 5.41) is 13.9. The number of para-hydroxylation sites is 1. The molecule has 1 fully saturated rings. The maximum Gasteiger partial charge on any atom is 0.183 e. The summed E-state index contributed by atoms with van der Waals surface area (Å²) in [6.07, 6.45) is 9.78. The van der Waals surface area contributed by atoms with E-state index < -0.39 is 0 Å². The maximum atomic E-state index is 4.84. The van der Waals surface area contributed by atoms with E-state index in [9.17, 15) is 0 Å².